The molecule has 21 heavy (non-hydrogen) atoms. The van der Waals surface area contributed by atoms with E-state index in [2.05, 4.69) is 10.5 Å². The molecule has 0 atom stereocenters. The number of nitrogens with one attached hydrogen (secondary N) is 1. The maximum atomic E-state index is 12.2. The summed E-state index contributed by atoms with van der Waals surface area (Å²) < 4.78 is 4.99. The topological polar surface area (TPSA) is 95.7 Å². The van der Waals surface area contributed by atoms with Gasteiger partial charge in [0.2, 0.25) is 0 Å². The van der Waals surface area contributed by atoms with Crippen LogP contribution in [0, 0.1) is 13.8 Å². The van der Waals surface area contributed by atoms with Crippen LogP contribution in [0.15, 0.2) is 4.52 Å². The summed E-state index contributed by atoms with van der Waals surface area (Å²) in [6.07, 6.45) is 1.55. The number of carbonyl (C=O) groups is 2. The lowest BCUT2D eigenvalue weighted by Gasteiger charge is -2.42. The van der Waals surface area contributed by atoms with Crippen LogP contribution in [-0.4, -0.2) is 52.2 Å². The van der Waals surface area contributed by atoms with Gasteiger partial charge in [0, 0.05) is 12.1 Å². The number of aryl methyl sites for hydroxylation is 2. The first-order chi connectivity index (χ1) is 9.92. The smallest absolute Gasteiger partial charge is 0.317 e. The average molecular weight is 295 g/mol. The summed E-state index contributed by atoms with van der Waals surface area (Å²) in [5.41, 5.74) is 1.08. The summed E-state index contributed by atoms with van der Waals surface area (Å²) in [7, 11) is 0. The van der Waals surface area contributed by atoms with Crippen molar-refractivity contribution in [1.29, 1.82) is 0 Å². The van der Waals surface area contributed by atoms with E-state index in [1.807, 2.05) is 11.8 Å². The van der Waals surface area contributed by atoms with Gasteiger partial charge in [-0.1, -0.05) is 12.1 Å². The van der Waals surface area contributed by atoms with E-state index in [0.717, 1.165) is 12.8 Å². The zero-order valence-electron chi connectivity index (χ0n) is 12.5. The van der Waals surface area contributed by atoms with Crippen molar-refractivity contribution in [3.05, 3.63) is 17.0 Å². The van der Waals surface area contributed by atoms with Gasteiger partial charge in [0.25, 0.3) is 5.91 Å². The summed E-state index contributed by atoms with van der Waals surface area (Å²) in [5, 5.41) is 15.6. The molecule has 1 heterocycles. The average Bonchev–Trinajstić information content (AvgIpc) is 2.70. The number of aromatic nitrogens is 1. The molecule has 2 N–H and O–H groups in total. The van der Waals surface area contributed by atoms with E-state index in [9.17, 15) is 9.59 Å². The van der Waals surface area contributed by atoms with Crippen LogP contribution in [0.4, 0.5) is 0 Å². The Kier molecular flexibility index (Phi) is 4.62. The van der Waals surface area contributed by atoms with Crippen molar-refractivity contribution < 1.29 is 19.2 Å². The molecule has 0 saturated heterocycles. The zero-order chi connectivity index (χ0) is 15.6. The second kappa shape index (κ2) is 6.26. The molecule has 0 spiro atoms. The molecule has 1 amide bonds. The molecular weight excluding hydrogens is 274 g/mol. The molecule has 0 aromatic carbocycles. The standard InChI is InChI=1S/C14H21N3O4/c1-4-17(7-12(18)19)11-5-10(6-11)15-14(20)13-8(2)16-21-9(13)3/h10-11H,4-7H2,1-3H3,(H,15,20)(H,18,19). The molecule has 1 aromatic heterocycles. The molecule has 1 aromatic rings. The van der Waals surface area contributed by atoms with Crippen molar-refractivity contribution in [3.63, 3.8) is 0 Å². The Morgan fingerprint density at radius 2 is 2.10 bits per heavy atom. The largest absolute Gasteiger partial charge is 0.480 e. The van der Waals surface area contributed by atoms with Gasteiger partial charge in [-0.05, 0) is 33.2 Å². The summed E-state index contributed by atoms with van der Waals surface area (Å²) in [4.78, 5) is 24.8. The number of nitrogens with zero attached hydrogens (tertiary/aromatic N) is 2. The highest BCUT2D eigenvalue weighted by molar-refractivity contribution is 5.96. The van der Waals surface area contributed by atoms with Gasteiger partial charge in [0.15, 0.2) is 0 Å². The fraction of sp³-hybridized carbons (Fsp3) is 0.643. The van der Waals surface area contributed by atoms with Crippen molar-refractivity contribution in [2.75, 3.05) is 13.1 Å². The molecule has 0 aliphatic heterocycles. The Labute approximate surface area is 123 Å². The third-order valence-corrected chi connectivity index (χ3v) is 3.97. The van der Waals surface area contributed by atoms with E-state index in [1.54, 1.807) is 13.8 Å². The van der Waals surface area contributed by atoms with Crippen molar-refractivity contribution in [2.45, 2.75) is 45.7 Å². The van der Waals surface area contributed by atoms with Crippen LogP contribution in [0.2, 0.25) is 0 Å². The van der Waals surface area contributed by atoms with Crippen molar-refractivity contribution >= 4 is 11.9 Å². The third kappa shape index (κ3) is 3.41. The zero-order valence-corrected chi connectivity index (χ0v) is 12.5. The van der Waals surface area contributed by atoms with E-state index in [-0.39, 0.29) is 24.5 Å². The fourth-order valence-corrected chi connectivity index (χ4v) is 2.74. The molecule has 1 aliphatic rings. The number of rotatable bonds is 6. The minimum atomic E-state index is -0.819. The Morgan fingerprint density at radius 1 is 1.43 bits per heavy atom. The number of amides is 1. The molecule has 1 fully saturated rings. The predicted octanol–water partition coefficient (Wildman–Crippen LogP) is 0.959. The van der Waals surface area contributed by atoms with Gasteiger partial charge in [-0.15, -0.1) is 0 Å². The van der Waals surface area contributed by atoms with E-state index >= 15 is 0 Å². The van der Waals surface area contributed by atoms with E-state index in [0.29, 0.717) is 23.6 Å². The molecular formula is C14H21N3O4. The SMILES string of the molecule is CCN(CC(=O)O)C1CC(NC(=O)c2c(C)noc2C)C1. The Morgan fingerprint density at radius 3 is 2.57 bits per heavy atom. The molecule has 116 valence electrons. The number of carboxylic acid groups (broad SMARTS) is 1. The van der Waals surface area contributed by atoms with Crippen LogP contribution in [0.1, 0.15) is 41.6 Å². The highest BCUT2D eigenvalue weighted by Crippen LogP contribution is 2.26. The number of hydrogen-bond donors (Lipinski definition) is 2. The highest BCUT2D eigenvalue weighted by atomic mass is 16.5. The number of likely N-dealkylation sites (N-methyl/N-ethyl adjacent to an activating group) is 1. The van der Waals surface area contributed by atoms with Gasteiger partial charge < -0.3 is 14.9 Å². The Balaban J connectivity index is 1.85. The van der Waals surface area contributed by atoms with Gasteiger partial charge in [0.1, 0.15) is 11.3 Å². The molecule has 7 heteroatoms. The first-order valence-electron chi connectivity index (χ1n) is 7.12. The first kappa shape index (κ1) is 15.5. The van der Waals surface area contributed by atoms with Crippen LogP contribution in [0.25, 0.3) is 0 Å². The maximum absolute atomic E-state index is 12.2. The van der Waals surface area contributed by atoms with Crippen LogP contribution < -0.4 is 5.32 Å². The lowest BCUT2D eigenvalue weighted by molar-refractivity contribution is -0.139. The first-order valence-corrected chi connectivity index (χ1v) is 7.12. The highest BCUT2D eigenvalue weighted by Gasteiger charge is 2.35. The van der Waals surface area contributed by atoms with Gasteiger partial charge in [-0.25, -0.2) is 0 Å². The van der Waals surface area contributed by atoms with Crippen molar-refractivity contribution in [2.24, 2.45) is 0 Å². The summed E-state index contributed by atoms with van der Waals surface area (Å²) >= 11 is 0. The number of carbonyl (C=O) groups excluding carboxylic acids is 1. The summed E-state index contributed by atoms with van der Waals surface area (Å²) in [6.45, 7) is 6.14. The van der Waals surface area contributed by atoms with Crippen molar-refractivity contribution in [1.82, 2.24) is 15.4 Å². The molecule has 0 unspecified atom stereocenters. The lowest BCUT2D eigenvalue weighted by atomic mass is 9.85. The predicted molar refractivity (Wildman–Crippen MR) is 75.1 cm³/mol. The van der Waals surface area contributed by atoms with Crippen LogP contribution >= 0.6 is 0 Å². The van der Waals surface area contributed by atoms with Crippen LogP contribution in [0.5, 0.6) is 0 Å². The number of carboxylic acids is 1. The fourth-order valence-electron chi connectivity index (χ4n) is 2.74. The summed E-state index contributed by atoms with van der Waals surface area (Å²) in [6, 6.07) is 0.306. The minimum Gasteiger partial charge on any atom is -0.480 e. The quantitative estimate of drug-likeness (QED) is 0.811. The second-order valence-electron chi connectivity index (χ2n) is 5.45. The molecule has 7 nitrogen and oxygen atoms in total. The summed E-state index contributed by atoms with van der Waals surface area (Å²) in [5.74, 6) is -0.474. The molecule has 1 aliphatic carbocycles. The Bertz CT molecular complexity index is 515. The second-order valence-corrected chi connectivity index (χ2v) is 5.45. The maximum Gasteiger partial charge on any atom is 0.317 e. The lowest BCUT2D eigenvalue weighted by Crippen LogP contribution is -2.54. The van der Waals surface area contributed by atoms with Crippen molar-refractivity contribution in [3.8, 4) is 0 Å². The van der Waals surface area contributed by atoms with Crippen LogP contribution in [0.3, 0.4) is 0 Å². The molecule has 2 rings (SSSR count). The van der Waals surface area contributed by atoms with Gasteiger partial charge in [0.05, 0.1) is 12.2 Å². The van der Waals surface area contributed by atoms with Gasteiger partial charge in [-0.2, -0.15) is 0 Å². The number of hydrogen-bond acceptors (Lipinski definition) is 5. The van der Waals surface area contributed by atoms with Gasteiger partial charge in [-0.3, -0.25) is 14.5 Å². The van der Waals surface area contributed by atoms with Gasteiger partial charge >= 0.3 is 5.97 Å². The molecule has 0 bridgehead atoms. The van der Waals surface area contributed by atoms with Crippen LogP contribution in [-0.2, 0) is 4.79 Å². The Hall–Kier alpha value is -1.89. The molecule has 0 radical (unpaired) electrons. The molecule has 1 saturated carbocycles. The van der Waals surface area contributed by atoms with E-state index in [1.165, 1.54) is 0 Å². The minimum absolute atomic E-state index is 0.0473. The number of aliphatic carboxylic acids is 1. The normalized spacial score (nSPS) is 21.1. The monoisotopic (exact) mass is 295 g/mol. The van der Waals surface area contributed by atoms with E-state index < -0.39 is 5.97 Å². The van der Waals surface area contributed by atoms with E-state index in [4.69, 9.17) is 9.63 Å². The third-order valence-electron chi connectivity index (χ3n) is 3.97.